The molecular formula is C22H28BrN3O2. The van der Waals surface area contributed by atoms with E-state index in [1.54, 1.807) is 18.2 Å². The van der Waals surface area contributed by atoms with Crippen molar-refractivity contribution in [2.45, 2.75) is 26.3 Å². The van der Waals surface area contributed by atoms with Gasteiger partial charge in [-0.1, -0.05) is 66.2 Å². The molecule has 2 amide bonds. The van der Waals surface area contributed by atoms with Gasteiger partial charge in [-0.15, -0.1) is 0 Å². The number of nitrogens with one attached hydrogen (secondary N) is 2. The summed E-state index contributed by atoms with van der Waals surface area (Å²) in [4.78, 5) is 26.8. The van der Waals surface area contributed by atoms with Gasteiger partial charge in [0.25, 0.3) is 5.91 Å². The maximum atomic E-state index is 12.2. The Morgan fingerprint density at radius 1 is 1.00 bits per heavy atom. The van der Waals surface area contributed by atoms with Crippen LogP contribution >= 0.6 is 15.9 Å². The zero-order valence-electron chi connectivity index (χ0n) is 16.5. The highest BCUT2D eigenvalue weighted by Crippen LogP contribution is 2.11. The highest BCUT2D eigenvalue weighted by molar-refractivity contribution is 9.10. The standard InChI is InChI=1S/C22H28BrN3O2/c1-3-26(4-2)20(13-17-9-6-5-7-10-17)15-24-21(27)16-25-22(28)18-11-8-12-19(23)14-18/h5-12,14,20H,3-4,13,15-16H2,1-2H3,(H,24,27)(H,25,28). The second kappa shape index (κ2) is 11.6. The van der Waals surface area contributed by atoms with Gasteiger partial charge in [0.2, 0.25) is 5.91 Å². The zero-order chi connectivity index (χ0) is 20.4. The fourth-order valence-corrected chi connectivity index (χ4v) is 3.54. The van der Waals surface area contributed by atoms with E-state index in [1.807, 2.05) is 24.3 Å². The van der Waals surface area contributed by atoms with E-state index in [0.717, 1.165) is 24.0 Å². The molecule has 0 saturated heterocycles. The molecular weight excluding hydrogens is 418 g/mol. The molecule has 2 N–H and O–H groups in total. The second-order valence-corrected chi connectivity index (χ2v) is 7.48. The molecule has 0 aromatic heterocycles. The van der Waals surface area contributed by atoms with Crippen LogP contribution in [0.4, 0.5) is 0 Å². The highest BCUT2D eigenvalue weighted by atomic mass is 79.9. The zero-order valence-corrected chi connectivity index (χ0v) is 18.0. The minimum absolute atomic E-state index is 0.0400. The molecule has 0 bridgehead atoms. The minimum atomic E-state index is -0.263. The molecule has 2 aromatic rings. The van der Waals surface area contributed by atoms with Crippen LogP contribution in [0.2, 0.25) is 0 Å². The van der Waals surface area contributed by atoms with E-state index in [2.05, 4.69) is 57.4 Å². The van der Waals surface area contributed by atoms with Gasteiger partial charge in [-0.2, -0.15) is 0 Å². The number of hydrogen-bond acceptors (Lipinski definition) is 3. The number of nitrogens with zero attached hydrogens (tertiary/aromatic N) is 1. The number of halogens is 1. The largest absolute Gasteiger partial charge is 0.353 e. The van der Waals surface area contributed by atoms with Crippen molar-refractivity contribution in [2.24, 2.45) is 0 Å². The summed E-state index contributed by atoms with van der Waals surface area (Å²) < 4.78 is 0.826. The van der Waals surface area contributed by atoms with E-state index in [-0.39, 0.29) is 24.4 Å². The van der Waals surface area contributed by atoms with Crippen molar-refractivity contribution in [3.63, 3.8) is 0 Å². The number of benzene rings is 2. The van der Waals surface area contributed by atoms with Crippen molar-refractivity contribution in [1.82, 2.24) is 15.5 Å². The van der Waals surface area contributed by atoms with Crippen molar-refractivity contribution in [3.05, 3.63) is 70.2 Å². The molecule has 0 saturated carbocycles. The summed E-state index contributed by atoms with van der Waals surface area (Å²) >= 11 is 3.34. The molecule has 0 aliphatic rings. The summed E-state index contributed by atoms with van der Waals surface area (Å²) in [7, 11) is 0. The summed E-state index contributed by atoms with van der Waals surface area (Å²) in [6.07, 6.45) is 0.868. The molecule has 2 rings (SSSR count). The first kappa shape index (κ1) is 22.1. The monoisotopic (exact) mass is 445 g/mol. The highest BCUT2D eigenvalue weighted by Gasteiger charge is 2.17. The van der Waals surface area contributed by atoms with Gasteiger partial charge in [0.05, 0.1) is 6.54 Å². The van der Waals surface area contributed by atoms with Crippen LogP contribution in [0.1, 0.15) is 29.8 Å². The van der Waals surface area contributed by atoms with E-state index in [4.69, 9.17) is 0 Å². The van der Waals surface area contributed by atoms with Crippen molar-refractivity contribution < 1.29 is 9.59 Å². The fraction of sp³-hybridized carbons (Fsp3) is 0.364. The SMILES string of the molecule is CCN(CC)C(CNC(=O)CNC(=O)c1cccc(Br)c1)Cc1ccccc1. The molecule has 5 nitrogen and oxygen atoms in total. The lowest BCUT2D eigenvalue weighted by Crippen LogP contribution is -2.47. The second-order valence-electron chi connectivity index (χ2n) is 6.56. The third kappa shape index (κ3) is 7.09. The first-order valence-electron chi connectivity index (χ1n) is 9.61. The Morgan fingerprint density at radius 3 is 2.36 bits per heavy atom. The van der Waals surface area contributed by atoms with Gasteiger partial charge in [0.15, 0.2) is 0 Å². The van der Waals surface area contributed by atoms with Crippen LogP contribution in [-0.4, -0.2) is 48.9 Å². The molecule has 6 heteroatoms. The van der Waals surface area contributed by atoms with Crippen LogP contribution < -0.4 is 10.6 Å². The van der Waals surface area contributed by atoms with E-state index in [9.17, 15) is 9.59 Å². The van der Waals surface area contributed by atoms with E-state index in [1.165, 1.54) is 5.56 Å². The molecule has 0 radical (unpaired) electrons. The van der Waals surface area contributed by atoms with E-state index >= 15 is 0 Å². The predicted octanol–water partition coefficient (Wildman–Crippen LogP) is 3.25. The average molecular weight is 446 g/mol. The Morgan fingerprint density at radius 2 is 1.71 bits per heavy atom. The number of hydrogen-bond donors (Lipinski definition) is 2. The number of rotatable bonds is 10. The Bertz CT molecular complexity index is 763. The summed E-state index contributed by atoms with van der Waals surface area (Å²) in [6, 6.07) is 17.6. The molecule has 1 atom stereocenters. The van der Waals surface area contributed by atoms with Gasteiger partial charge >= 0.3 is 0 Å². The van der Waals surface area contributed by atoms with Crippen LogP contribution in [0.5, 0.6) is 0 Å². The van der Waals surface area contributed by atoms with Crippen molar-refractivity contribution in [1.29, 1.82) is 0 Å². The van der Waals surface area contributed by atoms with Crippen LogP contribution in [0, 0.1) is 0 Å². The molecule has 0 spiro atoms. The third-order valence-electron chi connectivity index (χ3n) is 4.67. The van der Waals surface area contributed by atoms with Crippen molar-refractivity contribution >= 4 is 27.7 Å². The Labute approximate surface area is 175 Å². The fourth-order valence-electron chi connectivity index (χ4n) is 3.14. The van der Waals surface area contributed by atoms with Gasteiger partial charge in [-0.3, -0.25) is 14.5 Å². The maximum absolute atomic E-state index is 12.2. The van der Waals surface area contributed by atoms with Crippen LogP contribution in [0.15, 0.2) is 59.1 Å². The summed E-state index contributed by atoms with van der Waals surface area (Å²) in [5.41, 5.74) is 1.77. The first-order valence-corrected chi connectivity index (χ1v) is 10.4. The topological polar surface area (TPSA) is 61.4 Å². The number of likely N-dealkylation sites (N-methyl/N-ethyl adjacent to an activating group) is 1. The molecule has 150 valence electrons. The average Bonchev–Trinajstić information content (AvgIpc) is 2.71. The van der Waals surface area contributed by atoms with E-state index in [0.29, 0.717) is 12.1 Å². The lowest BCUT2D eigenvalue weighted by Gasteiger charge is -2.30. The quantitative estimate of drug-likeness (QED) is 0.589. The molecule has 0 heterocycles. The van der Waals surface area contributed by atoms with Crippen molar-refractivity contribution in [2.75, 3.05) is 26.2 Å². The number of carbonyl (C=O) groups excluding carboxylic acids is 2. The van der Waals surface area contributed by atoms with Gasteiger partial charge in [0, 0.05) is 22.6 Å². The molecule has 0 aliphatic heterocycles. The first-order chi connectivity index (χ1) is 13.5. The molecule has 2 aromatic carbocycles. The Kier molecular flexibility index (Phi) is 9.17. The molecule has 0 aliphatic carbocycles. The smallest absolute Gasteiger partial charge is 0.251 e. The van der Waals surface area contributed by atoms with Crippen LogP contribution in [0.25, 0.3) is 0 Å². The number of amides is 2. The third-order valence-corrected chi connectivity index (χ3v) is 5.17. The normalized spacial score (nSPS) is 11.9. The number of carbonyl (C=O) groups is 2. The Hall–Kier alpha value is -2.18. The summed E-state index contributed by atoms with van der Waals surface area (Å²) in [5, 5.41) is 5.64. The van der Waals surface area contributed by atoms with Crippen molar-refractivity contribution in [3.8, 4) is 0 Å². The Balaban J connectivity index is 1.87. The lowest BCUT2D eigenvalue weighted by molar-refractivity contribution is -0.120. The minimum Gasteiger partial charge on any atom is -0.353 e. The lowest BCUT2D eigenvalue weighted by atomic mass is 10.0. The maximum Gasteiger partial charge on any atom is 0.251 e. The van der Waals surface area contributed by atoms with Crippen LogP contribution in [0.3, 0.4) is 0 Å². The van der Waals surface area contributed by atoms with E-state index < -0.39 is 0 Å². The predicted molar refractivity (Wildman–Crippen MR) is 116 cm³/mol. The molecule has 1 unspecified atom stereocenters. The summed E-state index contributed by atoms with van der Waals surface area (Å²) in [6.45, 7) is 6.60. The van der Waals surface area contributed by atoms with Gasteiger partial charge < -0.3 is 10.6 Å². The van der Waals surface area contributed by atoms with Crippen LogP contribution in [-0.2, 0) is 11.2 Å². The van der Waals surface area contributed by atoms with Gasteiger partial charge in [-0.25, -0.2) is 0 Å². The molecule has 0 fully saturated rings. The van der Waals surface area contributed by atoms with Gasteiger partial charge in [0.1, 0.15) is 0 Å². The summed E-state index contributed by atoms with van der Waals surface area (Å²) in [5.74, 6) is -0.449. The molecule has 28 heavy (non-hydrogen) atoms. The van der Waals surface area contributed by atoms with Gasteiger partial charge in [-0.05, 0) is 43.3 Å².